The Kier molecular flexibility index (Phi) is 6.00. The third-order valence-electron chi connectivity index (χ3n) is 4.65. The number of β-amino-alcohol motifs (C(OH)–C–C–N with tert-alkyl or cyclic N) is 1. The largest absolute Gasteiger partial charge is 0.507 e. The number of carbonyl (C=O) groups excluding carboxylic acids is 3. The second kappa shape index (κ2) is 8.46. The molecule has 1 atom stereocenters. The fourth-order valence-corrected chi connectivity index (χ4v) is 3.37. The fourth-order valence-electron chi connectivity index (χ4n) is 3.25. The van der Waals surface area contributed by atoms with Gasteiger partial charge in [-0.3, -0.25) is 9.59 Å². The van der Waals surface area contributed by atoms with Crippen molar-refractivity contribution in [2.24, 2.45) is 0 Å². The number of hydrogen-bond donors (Lipinski definition) is 2. The summed E-state index contributed by atoms with van der Waals surface area (Å²) in [6, 6.07) is 11.4. The molecule has 1 aliphatic rings. The monoisotopic (exact) mass is 415 g/mol. The van der Waals surface area contributed by atoms with Gasteiger partial charge in [-0.2, -0.15) is 0 Å². The molecule has 2 aromatic carbocycles. The molecule has 7 nitrogen and oxygen atoms in total. The molecular formula is C21H18ClNO6. The van der Waals surface area contributed by atoms with Gasteiger partial charge in [-0.25, -0.2) is 4.79 Å². The summed E-state index contributed by atoms with van der Waals surface area (Å²) in [4.78, 5) is 38.1. The number of halogens is 1. The summed E-state index contributed by atoms with van der Waals surface area (Å²) in [5, 5.41) is 20.6. The maximum Gasteiger partial charge on any atom is 0.337 e. The van der Waals surface area contributed by atoms with Crippen LogP contribution in [-0.2, 0) is 14.3 Å². The summed E-state index contributed by atoms with van der Waals surface area (Å²) < 4.78 is 4.67. The van der Waals surface area contributed by atoms with E-state index in [-0.39, 0.29) is 24.5 Å². The van der Waals surface area contributed by atoms with Crippen LogP contribution >= 0.6 is 11.6 Å². The molecule has 1 aliphatic heterocycles. The van der Waals surface area contributed by atoms with Crippen molar-refractivity contribution in [1.82, 2.24) is 4.90 Å². The Balaban J connectivity index is 2.13. The number of Topliss-reactive ketones (excluding diaryl/α,β-unsaturated/α-hetero) is 1. The first-order valence-corrected chi connectivity index (χ1v) is 9.10. The lowest BCUT2D eigenvalue weighted by Crippen LogP contribution is -2.32. The molecule has 1 amide bonds. The van der Waals surface area contributed by atoms with Crippen molar-refractivity contribution in [3.8, 4) is 0 Å². The van der Waals surface area contributed by atoms with Crippen LogP contribution in [0.2, 0.25) is 5.02 Å². The fraction of sp³-hybridized carbons (Fsp3) is 0.190. The van der Waals surface area contributed by atoms with E-state index in [2.05, 4.69) is 4.74 Å². The van der Waals surface area contributed by atoms with Crippen molar-refractivity contribution < 1.29 is 29.3 Å². The zero-order chi connectivity index (χ0) is 21.1. The predicted molar refractivity (Wildman–Crippen MR) is 105 cm³/mol. The second-order valence-corrected chi connectivity index (χ2v) is 6.77. The lowest BCUT2D eigenvalue weighted by atomic mass is 9.94. The Bertz CT molecular complexity index is 981. The van der Waals surface area contributed by atoms with Gasteiger partial charge in [0.15, 0.2) is 0 Å². The van der Waals surface area contributed by atoms with Gasteiger partial charge in [0.05, 0.1) is 30.9 Å². The van der Waals surface area contributed by atoms with E-state index in [1.807, 2.05) is 0 Å². The van der Waals surface area contributed by atoms with Crippen LogP contribution < -0.4 is 0 Å². The molecule has 150 valence electrons. The first-order valence-electron chi connectivity index (χ1n) is 8.72. The molecule has 0 spiro atoms. The molecule has 29 heavy (non-hydrogen) atoms. The normalized spacial score (nSPS) is 18.2. The molecule has 0 aliphatic carbocycles. The van der Waals surface area contributed by atoms with E-state index in [1.54, 1.807) is 24.3 Å². The highest BCUT2D eigenvalue weighted by Crippen LogP contribution is 2.39. The Morgan fingerprint density at radius 3 is 2.21 bits per heavy atom. The molecule has 2 aromatic rings. The van der Waals surface area contributed by atoms with Crippen molar-refractivity contribution in [3.63, 3.8) is 0 Å². The van der Waals surface area contributed by atoms with Gasteiger partial charge in [0.1, 0.15) is 5.76 Å². The Labute approximate surface area is 171 Å². The molecule has 0 bridgehead atoms. The molecule has 3 rings (SSSR count). The minimum atomic E-state index is -0.912. The van der Waals surface area contributed by atoms with E-state index in [9.17, 15) is 24.6 Å². The van der Waals surface area contributed by atoms with Gasteiger partial charge in [0.2, 0.25) is 0 Å². The number of amides is 1. The van der Waals surface area contributed by atoms with Crippen LogP contribution in [0.3, 0.4) is 0 Å². The number of benzene rings is 2. The Hall–Kier alpha value is -3.16. The van der Waals surface area contributed by atoms with Crippen LogP contribution in [0.15, 0.2) is 54.1 Å². The van der Waals surface area contributed by atoms with Crippen molar-refractivity contribution >= 4 is 35.0 Å². The van der Waals surface area contributed by atoms with Crippen LogP contribution in [-0.4, -0.2) is 53.0 Å². The topological polar surface area (TPSA) is 104 Å². The second-order valence-electron chi connectivity index (χ2n) is 6.34. The van der Waals surface area contributed by atoms with Crippen molar-refractivity contribution in [3.05, 3.63) is 75.8 Å². The summed E-state index contributed by atoms with van der Waals surface area (Å²) in [6.07, 6.45) is 0. The van der Waals surface area contributed by atoms with Gasteiger partial charge >= 0.3 is 5.97 Å². The maximum atomic E-state index is 12.7. The van der Waals surface area contributed by atoms with Crippen LogP contribution in [0.4, 0.5) is 0 Å². The summed E-state index contributed by atoms with van der Waals surface area (Å²) in [5.41, 5.74) is 1.03. The van der Waals surface area contributed by atoms with Crippen LogP contribution in [0, 0.1) is 0 Å². The van der Waals surface area contributed by atoms with Gasteiger partial charge in [0, 0.05) is 17.1 Å². The number of likely N-dealkylation sites (tertiary alicyclic amines) is 1. The smallest absolute Gasteiger partial charge is 0.337 e. The average molecular weight is 416 g/mol. The average Bonchev–Trinajstić information content (AvgIpc) is 2.98. The van der Waals surface area contributed by atoms with Gasteiger partial charge < -0.3 is 19.8 Å². The van der Waals surface area contributed by atoms with Gasteiger partial charge in [-0.15, -0.1) is 0 Å². The molecule has 1 saturated heterocycles. The third kappa shape index (κ3) is 3.87. The first-order chi connectivity index (χ1) is 13.9. The molecule has 0 saturated carbocycles. The van der Waals surface area contributed by atoms with Gasteiger partial charge in [0.25, 0.3) is 11.7 Å². The standard InChI is InChI=1S/C21H18ClNO6/c1-29-21(28)14-4-2-12(3-5-14)17-16(19(26)20(27)23(17)10-11-24)18(25)13-6-8-15(22)9-7-13/h2-9,17,24-25H,10-11H2,1H3/t17-/m1/s1. The molecule has 0 radical (unpaired) electrons. The number of carbonyl (C=O) groups is 3. The van der Waals surface area contributed by atoms with Gasteiger partial charge in [-0.1, -0.05) is 23.7 Å². The van der Waals surface area contributed by atoms with E-state index in [0.717, 1.165) is 0 Å². The minimum absolute atomic E-state index is 0.0919. The number of ether oxygens (including phenoxy) is 1. The highest BCUT2D eigenvalue weighted by atomic mass is 35.5. The molecule has 1 fully saturated rings. The molecular weight excluding hydrogens is 398 g/mol. The maximum absolute atomic E-state index is 12.7. The number of ketones is 1. The highest BCUT2D eigenvalue weighted by Gasteiger charge is 2.45. The molecule has 8 heteroatoms. The quantitative estimate of drug-likeness (QED) is 0.336. The predicted octanol–water partition coefficient (Wildman–Crippen LogP) is 2.54. The van der Waals surface area contributed by atoms with Crippen LogP contribution in [0.25, 0.3) is 5.76 Å². The van der Waals surface area contributed by atoms with E-state index in [4.69, 9.17) is 11.6 Å². The summed E-state index contributed by atoms with van der Waals surface area (Å²) in [6.45, 7) is -0.448. The number of aliphatic hydroxyl groups is 2. The molecule has 2 N–H and O–H groups in total. The van der Waals surface area contributed by atoms with Crippen molar-refractivity contribution in [2.75, 3.05) is 20.3 Å². The van der Waals surface area contributed by atoms with E-state index in [1.165, 1.54) is 36.3 Å². The van der Waals surface area contributed by atoms with Crippen LogP contribution in [0.1, 0.15) is 27.5 Å². The van der Waals surface area contributed by atoms with Gasteiger partial charge in [-0.05, 0) is 42.0 Å². The number of nitrogens with zero attached hydrogens (tertiary/aromatic N) is 1. The van der Waals surface area contributed by atoms with Crippen molar-refractivity contribution in [2.45, 2.75) is 6.04 Å². The Morgan fingerprint density at radius 2 is 1.66 bits per heavy atom. The van der Waals surface area contributed by atoms with E-state index < -0.39 is 23.7 Å². The van der Waals surface area contributed by atoms with E-state index in [0.29, 0.717) is 21.7 Å². The SMILES string of the molecule is COC(=O)c1ccc([C@@H]2C(=C(O)c3ccc(Cl)cc3)C(=O)C(=O)N2CCO)cc1. The van der Waals surface area contributed by atoms with Crippen molar-refractivity contribution in [1.29, 1.82) is 0 Å². The minimum Gasteiger partial charge on any atom is -0.507 e. The zero-order valence-corrected chi connectivity index (χ0v) is 16.2. The third-order valence-corrected chi connectivity index (χ3v) is 4.90. The number of hydrogen-bond acceptors (Lipinski definition) is 6. The Morgan fingerprint density at radius 1 is 1.07 bits per heavy atom. The number of methoxy groups -OCH3 is 1. The molecule has 0 unspecified atom stereocenters. The zero-order valence-electron chi connectivity index (χ0n) is 15.5. The number of aliphatic hydroxyl groups excluding tert-OH is 2. The number of rotatable bonds is 5. The lowest BCUT2D eigenvalue weighted by molar-refractivity contribution is -0.140. The highest BCUT2D eigenvalue weighted by molar-refractivity contribution is 6.46. The molecule has 1 heterocycles. The summed E-state index contributed by atoms with van der Waals surface area (Å²) in [5.74, 6) is -2.55. The first kappa shape index (κ1) is 20.6. The van der Waals surface area contributed by atoms with E-state index >= 15 is 0 Å². The van der Waals surface area contributed by atoms with Crippen LogP contribution in [0.5, 0.6) is 0 Å². The molecule has 0 aromatic heterocycles. The lowest BCUT2D eigenvalue weighted by Gasteiger charge is -2.24. The summed E-state index contributed by atoms with van der Waals surface area (Å²) >= 11 is 5.88. The summed E-state index contributed by atoms with van der Waals surface area (Å²) in [7, 11) is 1.26. The number of esters is 1.